The van der Waals surface area contributed by atoms with Gasteiger partial charge in [0.05, 0.1) is 25.3 Å². The maximum atomic E-state index is 11.0. The second kappa shape index (κ2) is 9.02. The second-order valence-corrected chi connectivity index (χ2v) is 7.50. The Balaban J connectivity index is 2.00. The van der Waals surface area contributed by atoms with Gasteiger partial charge in [-0.1, -0.05) is 0 Å². The largest absolute Gasteiger partial charge is 0.470 e. The van der Waals surface area contributed by atoms with E-state index in [1.54, 1.807) is 0 Å². The van der Waals surface area contributed by atoms with E-state index in [0.717, 1.165) is 0 Å². The zero-order valence-corrected chi connectivity index (χ0v) is 14.9. The smallest absolute Gasteiger partial charge is 0.394 e. The summed E-state index contributed by atoms with van der Waals surface area (Å²) < 4.78 is 31.0. The van der Waals surface area contributed by atoms with Crippen molar-refractivity contribution in [2.45, 2.75) is 61.3 Å². The summed E-state index contributed by atoms with van der Waals surface area (Å²) in [6.45, 7) is -1.22. The first-order valence-corrected chi connectivity index (χ1v) is 9.50. The van der Waals surface area contributed by atoms with Crippen LogP contribution in [0.1, 0.15) is 0 Å². The highest BCUT2D eigenvalue weighted by atomic mass is 31.2. The maximum Gasteiger partial charge on any atom is 0.470 e. The first kappa shape index (κ1) is 23.0. The Kier molecular flexibility index (Phi) is 7.68. The van der Waals surface area contributed by atoms with Crippen LogP contribution in [0.4, 0.5) is 0 Å². The molecular formula is C12H25N2O12P. The number of phosphoric acid groups is 1. The van der Waals surface area contributed by atoms with E-state index < -0.39 is 82.3 Å². The lowest BCUT2D eigenvalue weighted by Gasteiger charge is -2.43. The molecule has 0 bridgehead atoms. The summed E-state index contributed by atoms with van der Waals surface area (Å²) in [4.78, 5) is 17.8. The van der Waals surface area contributed by atoms with Gasteiger partial charge in [-0.3, -0.25) is 4.52 Å². The summed E-state index contributed by atoms with van der Waals surface area (Å²) >= 11 is 0. The zero-order chi connectivity index (χ0) is 20.5. The van der Waals surface area contributed by atoms with Gasteiger partial charge < -0.3 is 61.0 Å². The summed E-state index contributed by atoms with van der Waals surface area (Å²) in [7, 11) is -5.00. The molecule has 2 rings (SSSR count). The van der Waals surface area contributed by atoms with Crippen molar-refractivity contribution in [3.05, 3.63) is 0 Å². The second-order valence-electron chi connectivity index (χ2n) is 6.31. The number of rotatable bonds is 6. The van der Waals surface area contributed by atoms with Crippen molar-refractivity contribution in [3.8, 4) is 0 Å². The third-order valence-electron chi connectivity index (χ3n) is 4.35. The number of nitrogens with two attached hydrogens (primary N) is 2. The summed E-state index contributed by atoms with van der Waals surface area (Å²) in [5.41, 5.74) is 11.2. The Labute approximate surface area is 153 Å². The van der Waals surface area contributed by atoms with E-state index in [1.165, 1.54) is 0 Å². The molecule has 0 aromatic carbocycles. The Morgan fingerprint density at radius 2 is 1.56 bits per heavy atom. The van der Waals surface area contributed by atoms with Gasteiger partial charge in [0.15, 0.2) is 12.6 Å². The average molecular weight is 420 g/mol. The Morgan fingerprint density at radius 3 is 2.11 bits per heavy atom. The predicted molar refractivity (Wildman–Crippen MR) is 83.5 cm³/mol. The third kappa shape index (κ3) is 5.41. The minimum Gasteiger partial charge on any atom is -0.394 e. The number of hydrogen-bond donors (Lipinski definition) is 9. The Morgan fingerprint density at radius 1 is 0.926 bits per heavy atom. The molecule has 0 radical (unpaired) electrons. The molecule has 15 heteroatoms. The van der Waals surface area contributed by atoms with Crippen LogP contribution in [0.3, 0.4) is 0 Å². The quantitative estimate of drug-likeness (QED) is 0.182. The van der Waals surface area contributed by atoms with E-state index in [-0.39, 0.29) is 0 Å². The van der Waals surface area contributed by atoms with E-state index in [4.69, 9.17) is 35.5 Å². The zero-order valence-electron chi connectivity index (χ0n) is 14.0. The van der Waals surface area contributed by atoms with Gasteiger partial charge in [-0.2, -0.15) is 0 Å². The van der Waals surface area contributed by atoms with Crippen LogP contribution in [0, 0.1) is 0 Å². The van der Waals surface area contributed by atoms with Crippen molar-refractivity contribution in [1.29, 1.82) is 0 Å². The number of ether oxygens (including phenoxy) is 3. The fraction of sp³-hybridized carbons (Fsp3) is 1.00. The molecule has 160 valence electrons. The van der Waals surface area contributed by atoms with Gasteiger partial charge in [-0.25, -0.2) is 4.57 Å². The Hall–Kier alpha value is -0.290. The van der Waals surface area contributed by atoms with Crippen LogP contribution in [0.5, 0.6) is 0 Å². The van der Waals surface area contributed by atoms with Crippen molar-refractivity contribution in [1.82, 2.24) is 0 Å². The molecule has 10 atom stereocenters. The van der Waals surface area contributed by atoms with Crippen LogP contribution in [0.25, 0.3) is 0 Å². The molecule has 2 aliphatic rings. The van der Waals surface area contributed by atoms with Crippen molar-refractivity contribution in [2.24, 2.45) is 11.5 Å². The highest BCUT2D eigenvalue weighted by Crippen LogP contribution is 2.41. The van der Waals surface area contributed by atoms with E-state index in [0.29, 0.717) is 0 Å². The molecule has 11 N–H and O–H groups in total. The van der Waals surface area contributed by atoms with Crippen molar-refractivity contribution in [3.63, 3.8) is 0 Å². The standard InChI is InChI=1S/C12H25N2O12P/c13-5-8(17)7(16)4(24-11(5)19)2-23-12-6(14)9(18)10(3(1-15)25-12)26-27(20,21)22/h3-12,15-19H,1-2,13-14H2,(H2,20,21,22)/t3-,4-,5-,6-,7-,8-,9-,10-,11-,12-/m1/s1. The topological polar surface area (TPSA) is 248 Å². The van der Waals surface area contributed by atoms with Crippen molar-refractivity contribution in [2.75, 3.05) is 13.2 Å². The van der Waals surface area contributed by atoms with Gasteiger partial charge in [0, 0.05) is 0 Å². The molecule has 0 unspecified atom stereocenters. The van der Waals surface area contributed by atoms with Crippen LogP contribution in [-0.2, 0) is 23.3 Å². The first-order chi connectivity index (χ1) is 12.5. The first-order valence-electron chi connectivity index (χ1n) is 7.97. The van der Waals surface area contributed by atoms with Crippen LogP contribution >= 0.6 is 7.82 Å². The molecule has 2 aliphatic heterocycles. The van der Waals surface area contributed by atoms with Crippen LogP contribution in [-0.4, -0.2) is 110 Å². The molecular weight excluding hydrogens is 395 g/mol. The molecule has 0 saturated carbocycles. The number of aliphatic hydroxyl groups is 5. The number of hydrogen-bond acceptors (Lipinski definition) is 12. The molecule has 2 heterocycles. The molecule has 0 aliphatic carbocycles. The summed E-state index contributed by atoms with van der Waals surface area (Å²) in [5, 5.41) is 48.7. The van der Waals surface area contributed by atoms with Gasteiger partial charge in [0.1, 0.15) is 36.6 Å². The molecule has 0 aromatic rings. The van der Waals surface area contributed by atoms with Crippen LogP contribution in [0.2, 0.25) is 0 Å². The molecule has 27 heavy (non-hydrogen) atoms. The maximum absolute atomic E-state index is 11.0. The normalized spacial score (nSPS) is 46.4. The third-order valence-corrected chi connectivity index (χ3v) is 4.87. The fourth-order valence-electron chi connectivity index (χ4n) is 2.82. The van der Waals surface area contributed by atoms with Gasteiger partial charge in [0.25, 0.3) is 0 Å². The molecule has 2 fully saturated rings. The molecule has 0 spiro atoms. The van der Waals surface area contributed by atoms with Gasteiger partial charge in [-0.05, 0) is 0 Å². The summed E-state index contributed by atoms with van der Waals surface area (Å²) in [6, 6.07) is -2.57. The monoisotopic (exact) mass is 420 g/mol. The molecule has 2 saturated heterocycles. The fourth-order valence-corrected chi connectivity index (χ4v) is 3.40. The summed E-state index contributed by atoms with van der Waals surface area (Å²) in [6.07, 6.45) is -11.8. The van der Waals surface area contributed by atoms with E-state index in [2.05, 4.69) is 4.52 Å². The molecule has 0 amide bonds. The minimum atomic E-state index is -5.00. The van der Waals surface area contributed by atoms with E-state index in [9.17, 15) is 30.1 Å². The van der Waals surface area contributed by atoms with Gasteiger partial charge in [-0.15, -0.1) is 0 Å². The lowest BCUT2D eigenvalue weighted by molar-refractivity contribution is -0.292. The lowest BCUT2D eigenvalue weighted by atomic mass is 9.97. The highest BCUT2D eigenvalue weighted by molar-refractivity contribution is 7.46. The van der Waals surface area contributed by atoms with E-state index >= 15 is 0 Å². The predicted octanol–water partition coefficient (Wildman–Crippen LogP) is -5.35. The van der Waals surface area contributed by atoms with Crippen LogP contribution < -0.4 is 11.5 Å². The van der Waals surface area contributed by atoms with Crippen molar-refractivity contribution < 1.29 is 58.6 Å². The number of phosphoric ester groups is 1. The van der Waals surface area contributed by atoms with Crippen LogP contribution in [0.15, 0.2) is 0 Å². The van der Waals surface area contributed by atoms with Gasteiger partial charge >= 0.3 is 7.82 Å². The lowest BCUT2D eigenvalue weighted by Crippen LogP contribution is -2.64. The SMILES string of the molecule is N[C@@H]1[C@@H](O)[C@H](O)[C@@H](CO[C@@H]2O[C@H](CO)[C@@H](OP(=O)(O)O)[C@H](O)[C@H]2N)O[C@H]1O. The average Bonchev–Trinajstić information content (AvgIpc) is 2.59. The minimum absolute atomic E-state index is 0.449. The summed E-state index contributed by atoms with van der Waals surface area (Å²) in [5.74, 6) is 0. The number of aliphatic hydroxyl groups excluding tert-OH is 5. The molecule has 14 nitrogen and oxygen atoms in total. The van der Waals surface area contributed by atoms with Crippen molar-refractivity contribution >= 4 is 7.82 Å². The Bertz CT molecular complexity index is 535. The van der Waals surface area contributed by atoms with E-state index in [1.807, 2.05) is 0 Å². The molecule has 0 aromatic heterocycles. The van der Waals surface area contributed by atoms with Gasteiger partial charge in [0.2, 0.25) is 0 Å². The highest BCUT2D eigenvalue weighted by Gasteiger charge is 2.48.